The predicted octanol–water partition coefficient (Wildman–Crippen LogP) is 2.14. The van der Waals surface area contributed by atoms with E-state index in [1.807, 2.05) is 19.1 Å². The number of nitrogens with zero attached hydrogens (tertiary/aromatic N) is 1. The Labute approximate surface area is 149 Å². The number of aromatic carboxylic acids is 1. The molecule has 1 fully saturated rings. The second kappa shape index (κ2) is 9.53. The molecule has 2 N–H and O–H groups in total. The number of carboxylic acid groups (broad SMARTS) is 1. The minimum Gasteiger partial charge on any atom is -0.478 e. The molecule has 0 bridgehead atoms. The smallest absolute Gasteiger partial charge is 0.336 e. The van der Waals surface area contributed by atoms with Crippen molar-refractivity contribution in [1.82, 2.24) is 10.2 Å². The van der Waals surface area contributed by atoms with Crippen LogP contribution in [0.25, 0.3) is 0 Å². The summed E-state index contributed by atoms with van der Waals surface area (Å²) in [7, 11) is 0. The molecule has 1 heterocycles. The molecule has 1 saturated heterocycles. The molecule has 0 aliphatic carbocycles. The first-order valence-electron chi connectivity index (χ1n) is 8.95. The average molecular weight is 348 g/mol. The first kappa shape index (κ1) is 19.4. The summed E-state index contributed by atoms with van der Waals surface area (Å²) in [6.45, 7) is 6.80. The van der Waals surface area contributed by atoms with Gasteiger partial charge in [-0.2, -0.15) is 0 Å². The third-order valence-electron chi connectivity index (χ3n) is 4.60. The molecule has 0 aromatic heterocycles. The van der Waals surface area contributed by atoms with Crippen molar-refractivity contribution in [2.45, 2.75) is 39.3 Å². The first-order chi connectivity index (χ1) is 12.0. The van der Waals surface area contributed by atoms with Gasteiger partial charge in [0.2, 0.25) is 5.91 Å². The second-order valence-electron chi connectivity index (χ2n) is 6.52. The fourth-order valence-electron chi connectivity index (χ4n) is 3.47. The topological polar surface area (TPSA) is 78.9 Å². The molecule has 2 rings (SSSR count). The summed E-state index contributed by atoms with van der Waals surface area (Å²) in [5.41, 5.74) is 1.16. The highest BCUT2D eigenvalue weighted by Crippen LogP contribution is 2.24. The summed E-state index contributed by atoms with van der Waals surface area (Å²) >= 11 is 0. The van der Waals surface area contributed by atoms with Gasteiger partial charge in [-0.05, 0) is 30.9 Å². The highest BCUT2D eigenvalue weighted by molar-refractivity contribution is 5.89. The molecule has 0 unspecified atom stereocenters. The summed E-state index contributed by atoms with van der Waals surface area (Å²) in [6, 6.07) is 7.19. The van der Waals surface area contributed by atoms with Crippen LogP contribution >= 0.6 is 0 Å². The molecule has 1 aromatic rings. The molecule has 138 valence electrons. The van der Waals surface area contributed by atoms with Gasteiger partial charge in [0.1, 0.15) is 6.61 Å². The van der Waals surface area contributed by atoms with Gasteiger partial charge in [0.25, 0.3) is 0 Å². The average Bonchev–Trinajstić information content (AvgIpc) is 2.94. The maximum Gasteiger partial charge on any atom is 0.336 e. The molecule has 6 heteroatoms. The minimum atomic E-state index is -0.901. The van der Waals surface area contributed by atoms with E-state index < -0.39 is 5.97 Å². The number of hydrogen-bond acceptors (Lipinski definition) is 4. The van der Waals surface area contributed by atoms with Gasteiger partial charge >= 0.3 is 5.97 Å². The lowest BCUT2D eigenvalue weighted by Gasteiger charge is -2.19. The molecule has 2 atom stereocenters. The van der Waals surface area contributed by atoms with Gasteiger partial charge in [-0.15, -0.1) is 0 Å². The Kier molecular flexibility index (Phi) is 7.40. The summed E-state index contributed by atoms with van der Waals surface area (Å²) < 4.78 is 5.17. The van der Waals surface area contributed by atoms with Crippen molar-refractivity contribution in [2.75, 3.05) is 26.3 Å². The van der Waals surface area contributed by atoms with E-state index in [1.165, 1.54) is 0 Å². The number of benzene rings is 1. The van der Waals surface area contributed by atoms with Crippen LogP contribution in [-0.4, -0.2) is 54.2 Å². The van der Waals surface area contributed by atoms with E-state index in [9.17, 15) is 14.7 Å². The van der Waals surface area contributed by atoms with Crippen LogP contribution in [0.4, 0.5) is 0 Å². The maximum atomic E-state index is 12.0. The van der Waals surface area contributed by atoms with Crippen molar-refractivity contribution < 1.29 is 19.4 Å². The monoisotopic (exact) mass is 348 g/mol. The van der Waals surface area contributed by atoms with Crippen LogP contribution in [0.15, 0.2) is 24.3 Å². The predicted molar refractivity (Wildman–Crippen MR) is 95.5 cm³/mol. The van der Waals surface area contributed by atoms with Crippen molar-refractivity contribution in [3.63, 3.8) is 0 Å². The van der Waals surface area contributed by atoms with Crippen molar-refractivity contribution in [3.05, 3.63) is 35.4 Å². The number of ether oxygens (including phenoxy) is 1. The number of rotatable bonds is 9. The molecular weight excluding hydrogens is 320 g/mol. The van der Waals surface area contributed by atoms with Crippen molar-refractivity contribution >= 4 is 11.9 Å². The van der Waals surface area contributed by atoms with E-state index >= 15 is 0 Å². The van der Waals surface area contributed by atoms with Gasteiger partial charge in [-0.1, -0.05) is 31.5 Å². The van der Waals surface area contributed by atoms with Crippen LogP contribution in [0.5, 0.6) is 0 Å². The summed E-state index contributed by atoms with van der Waals surface area (Å²) in [6.07, 6.45) is 2.10. The third kappa shape index (κ3) is 5.54. The Hall–Kier alpha value is -1.92. The molecule has 1 aliphatic rings. The number of carbonyl (C=O) groups excluding carboxylic acids is 1. The quantitative estimate of drug-likeness (QED) is 0.715. The lowest BCUT2D eigenvalue weighted by Crippen LogP contribution is -2.42. The van der Waals surface area contributed by atoms with Crippen molar-refractivity contribution in [2.24, 2.45) is 5.92 Å². The highest BCUT2D eigenvalue weighted by atomic mass is 16.5. The number of carbonyl (C=O) groups is 2. The van der Waals surface area contributed by atoms with Crippen LogP contribution in [-0.2, 0) is 16.1 Å². The summed E-state index contributed by atoms with van der Waals surface area (Å²) in [4.78, 5) is 25.6. The standard InChI is InChI=1S/C19H28N2O4/c1-3-7-15-11-21(12-17(15)20-18(22)13-25-4-2)10-14-8-5-6-9-16(14)19(23)24/h5-6,8-9,15,17H,3-4,7,10-13H2,1-2H3,(H,20,22)(H,23,24)/t15-,17-/m0/s1. The Morgan fingerprint density at radius 2 is 2.04 bits per heavy atom. The van der Waals surface area contributed by atoms with E-state index in [0.29, 0.717) is 24.6 Å². The lowest BCUT2D eigenvalue weighted by molar-refractivity contribution is -0.126. The Bertz CT molecular complexity index is 591. The second-order valence-corrected chi connectivity index (χ2v) is 6.52. The number of amides is 1. The highest BCUT2D eigenvalue weighted by Gasteiger charge is 2.33. The van der Waals surface area contributed by atoms with Gasteiger partial charge in [0, 0.05) is 32.3 Å². The maximum absolute atomic E-state index is 12.0. The zero-order valence-electron chi connectivity index (χ0n) is 15.0. The Balaban J connectivity index is 2.01. The number of carboxylic acids is 1. The van der Waals surface area contributed by atoms with E-state index in [4.69, 9.17) is 4.74 Å². The van der Waals surface area contributed by atoms with E-state index in [-0.39, 0.29) is 18.6 Å². The van der Waals surface area contributed by atoms with Crippen molar-refractivity contribution in [1.29, 1.82) is 0 Å². The van der Waals surface area contributed by atoms with Gasteiger partial charge < -0.3 is 15.2 Å². The van der Waals surface area contributed by atoms with Crippen LogP contribution in [0.1, 0.15) is 42.6 Å². The summed E-state index contributed by atoms with van der Waals surface area (Å²) in [5.74, 6) is -0.602. The fraction of sp³-hybridized carbons (Fsp3) is 0.579. The molecule has 0 saturated carbocycles. The van der Waals surface area contributed by atoms with Crippen LogP contribution in [0, 0.1) is 5.92 Å². The Morgan fingerprint density at radius 3 is 2.72 bits per heavy atom. The van der Waals surface area contributed by atoms with Crippen LogP contribution in [0.3, 0.4) is 0 Å². The van der Waals surface area contributed by atoms with Crippen LogP contribution in [0.2, 0.25) is 0 Å². The normalized spacial score (nSPS) is 20.6. The number of likely N-dealkylation sites (tertiary alicyclic amines) is 1. The van der Waals surface area contributed by atoms with E-state index in [1.54, 1.807) is 12.1 Å². The zero-order chi connectivity index (χ0) is 18.2. The van der Waals surface area contributed by atoms with Gasteiger partial charge in [0.05, 0.1) is 5.56 Å². The zero-order valence-corrected chi connectivity index (χ0v) is 15.0. The molecule has 25 heavy (non-hydrogen) atoms. The summed E-state index contributed by atoms with van der Waals surface area (Å²) in [5, 5.41) is 12.4. The van der Waals surface area contributed by atoms with Gasteiger partial charge in [-0.25, -0.2) is 4.79 Å². The van der Waals surface area contributed by atoms with Gasteiger partial charge in [-0.3, -0.25) is 9.69 Å². The van der Waals surface area contributed by atoms with E-state index in [2.05, 4.69) is 17.1 Å². The van der Waals surface area contributed by atoms with Crippen molar-refractivity contribution in [3.8, 4) is 0 Å². The first-order valence-corrected chi connectivity index (χ1v) is 8.95. The molecule has 6 nitrogen and oxygen atoms in total. The lowest BCUT2D eigenvalue weighted by atomic mass is 9.98. The third-order valence-corrected chi connectivity index (χ3v) is 4.60. The van der Waals surface area contributed by atoms with E-state index in [0.717, 1.165) is 31.5 Å². The Morgan fingerprint density at radius 1 is 1.28 bits per heavy atom. The minimum absolute atomic E-state index is 0.0826. The largest absolute Gasteiger partial charge is 0.478 e. The molecule has 1 amide bonds. The molecule has 0 radical (unpaired) electrons. The molecule has 1 aliphatic heterocycles. The number of nitrogens with one attached hydrogen (secondary N) is 1. The number of hydrogen-bond donors (Lipinski definition) is 2. The SMILES string of the molecule is CCC[C@H]1CN(Cc2ccccc2C(=O)O)C[C@@H]1NC(=O)COCC. The molecule has 0 spiro atoms. The van der Waals surface area contributed by atoms with Crippen LogP contribution < -0.4 is 5.32 Å². The molecular formula is C19H28N2O4. The molecule has 1 aromatic carbocycles. The van der Waals surface area contributed by atoms with Gasteiger partial charge in [0.15, 0.2) is 0 Å². The fourth-order valence-corrected chi connectivity index (χ4v) is 3.47.